The Labute approximate surface area is 107 Å². The first-order valence-corrected chi connectivity index (χ1v) is 6.16. The van der Waals surface area contributed by atoms with Gasteiger partial charge in [0.25, 0.3) is 0 Å². The molecule has 3 N–H and O–H groups in total. The summed E-state index contributed by atoms with van der Waals surface area (Å²) in [7, 11) is 4.13. The number of nitrogen functional groups attached to an aromatic ring is 1. The molecule has 98 valence electrons. The van der Waals surface area contributed by atoms with Gasteiger partial charge in [-0.15, -0.1) is 0 Å². The standard InChI is InChI=1S/C12H20N6/c1-17-7-3-4-9(17)8-18(2)12-15-6-5-10(16-12)11(13)14/h5-6,9H,3-4,7-8H2,1-2H3,(H3,13,14). The topological polar surface area (TPSA) is 82.1 Å². The van der Waals surface area contributed by atoms with E-state index in [4.69, 9.17) is 11.1 Å². The van der Waals surface area contributed by atoms with Crippen LogP contribution in [-0.2, 0) is 0 Å². The van der Waals surface area contributed by atoms with Crippen LogP contribution in [0.2, 0.25) is 0 Å². The molecule has 1 fully saturated rings. The number of amidine groups is 1. The van der Waals surface area contributed by atoms with Gasteiger partial charge in [-0.25, -0.2) is 9.97 Å². The Kier molecular flexibility index (Phi) is 3.76. The maximum absolute atomic E-state index is 7.39. The second-order valence-electron chi connectivity index (χ2n) is 4.81. The molecule has 18 heavy (non-hydrogen) atoms. The van der Waals surface area contributed by atoms with Gasteiger partial charge < -0.3 is 15.5 Å². The van der Waals surface area contributed by atoms with Crippen molar-refractivity contribution in [2.24, 2.45) is 5.73 Å². The first-order valence-electron chi connectivity index (χ1n) is 6.16. The molecular weight excluding hydrogens is 228 g/mol. The van der Waals surface area contributed by atoms with E-state index in [-0.39, 0.29) is 5.84 Å². The summed E-state index contributed by atoms with van der Waals surface area (Å²) in [6.45, 7) is 2.06. The van der Waals surface area contributed by atoms with E-state index in [0.29, 0.717) is 17.7 Å². The molecule has 0 aromatic carbocycles. The highest BCUT2D eigenvalue weighted by Crippen LogP contribution is 2.17. The molecule has 1 aromatic rings. The fraction of sp³-hybridized carbons (Fsp3) is 0.583. The molecule has 2 heterocycles. The average molecular weight is 248 g/mol. The van der Waals surface area contributed by atoms with Crippen molar-refractivity contribution in [3.63, 3.8) is 0 Å². The van der Waals surface area contributed by atoms with Crippen LogP contribution in [0.5, 0.6) is 0 Å². The van der Waals surface area contributed by atoms with Crippen molar-refractivity contribution in [3.8, 4) is 0 Å². The Balaban J connectivity index is 2.06. The summed E-state index contributed by atoms with van der Waals surface area (Å²) in [6, 6.07) is 2.21. The lowest BCUT2D eigenvalue weighted by molar-refractivity contribution is 0.313. The minimum Gasteiger partial charge on any atom is -0.382 e. The smallest absolute Gasteiger partial charge is 0.225 e. The lowest BCUT2D eigenvalue weighted by Crippen LogP contribution is -2.37. The first kappa shape index (κ1) is 12.8. The van der Waals surface area contributed by atoms with E-state index in [1.54, 1.807) is 12.3 Å². The van der Waals surface area contributed by atoms with Gasteiger partial charge in [0.15, 0.2) is 0 Å². The number of likely N-dealkylation sites (N-methyl/N-ethyl adjacent to an activating group) is 2. The van der Waals surface area contributed by atoms with Crippen molar-refractivity contribution >= 4 is 11.8 Å². The summed E-state index contributed by atoms with van der Waals surface area (Å²) < 4.78 is 0. The number of likely N-dealkylation sites (tertiary alicyclic amines) is 1. The predicted molar refractivity (Wildman–Crippen MR) is 72.0 cm³/mol. The zero-order valence-corrected chi connectivity index (χ0v) is 10.9. The summed E-state index contributed by atoms with van der Waals surface area (Å²) in [6.07, 6.45) is 4.12. The highest BCUT2D eigenvalue weighted by Gasteiger charge is 2.22. The Morgan fingerprint density at radius 1 is 1.67 bits per heavy atom. The van der Waals surface area contributed by atoms with Gasteiger partial charge in [-0.1, -0.05) is 0 Å². The number of nitrogens with zero attached hydrogens (tertiary/aromatic N) is 4. The summed E-state index contributed by atoms with van der Waals surface area (Å²) in [5.74, 6) is 0.605. The van der Waals surface area contributed by atoms with E-state index in [1.165, 1.54) is 12.8 Å². The van der Waals surface area contributed by atoms with Crippen molar-refractivity contribution < 1.29 is 0 Å². The highest BCUT2D eigenvalue weighted by atomic mass is 15.3. The van der Waals surface area contributed by atoms with Crippen LogP contribution in [0.25, 0.3) is 0 Å². The van der Waals surface area contributed by atoms with Gasteiger partial charge in [-0.3, -0.25) is 5.41 Å². The molecule has 1 aromatic heterocycles. The summed E-state index contributed by atoms with van der Waals surface area (Å²) >= 11 is 0. The number of nitrogens with two attached hydrogens (primary N) is 1. The number of hydrogen-bond donors (Lipinski definition) is 2. The Morgan fingerprint density at radius 3 is 3.06 bits per heavy atom. The maximum Gasteiger partial charge on any atom is 0.225 e. The normalized spacial score (nSPS) is 20.0. The van der Waals surface area contributed by atoms with E-state index in [1.807, 2.05) is 11.9 Å². The van der Waals surface area contributed by atoms with Crippen molar-refractivity contribution in [3.05, 3.63) is 18.0 Å². The molecule has 0 radical (unpaired) electrons. The predicted octanol–water partition coefficient (Wildman–Crippen LogP) is 0.291. The lowest BCUT2D eigenvalue weighted by Gasteiger charge is -2.25. The molecule has 0 spiro atoms. The van der Waals surface area contributed by atoms with Gasteiger partial charge in [0.1, 0.15) is 11.5 Å². The molecular formula is C12H20N6. The summed E-state index contributed by atoms with van der Waals surface area (Å²) in [5.41, 5.74) is 5.91. The number of rotatable bonds is 4. The zero-order chi connectivity index (χ0) is 13.1. The minimum atomic E-state index is -0.0231. The van der Waals surface area contributed by atoms with E-state index in [9.17, 15) is 0 Å². The minimum absolute atomic E-state index is 0.0231. The summed E-state index contributed by atoms with van der Waals surface area (Å²) in [5, 5.41) is 7.39. The average Bonchev–Trinajstić information content (AvgIpc) is 2.75. The van der Waals surface area contributed by atoms with E-state index < -0.39 is 0 Å². The fourth-order valence-corrected chi connectivity index (χ4v) is 2.29. The van der Waals surface area contributed by atoms with Crippen LogP contribution in [0.1, 0.15) is 18.5 Å². The largest absolute Gasteiger partial charge is 0.382 e. The molecule has 0 amide bonds. The number of aromatic nitrogens is 2. The Morgan fingerprint density at radius 2 is 2.44 bits per heavy atom. The second-order valence-corrected chi connectivity index (χ2v) is 4.81. The summed E-state index contributed by atoms with van der Waals surface area (Å²) in [4.78, 5) is 12.9. The third-order valence-corrected chi connectivity index (χ3v) is 3.42. The Bertz CT molecular complexity index is 432. The maximum atomic E-state index is 7.39. The van der Waals surface area contributed by atoms with Crippen molar-refractivity contribution in [1.82, 2.24) is 14.9 Å². The van der Waals surface area contributed by atoms with Crippen LogP contribution in [0.15, 0.2) is 12.3 Å². The van der Waals surface area contributed by atoms with Crippen molar-refractivity contribution in [1.29, 1.82) is 5.41 Å². The molecule has 6 nitrogen and oxygen atoms in total. The molecule has 6 heteroatoms. The third-order valence-electron chi connectivity index (χ3n) is 3.42. The molecule has 1 saturated heterocycles. The molecule has 1 unspecified atom stereocenters. The molecule has 0 aliphatic carbocycles. The molecule has 1 atom stereocenters. The molecule has 1 aliphatic heterocycles. The number of hydrogen-bond acceptors (Lipinski definition) is 5. The van der Waals surface area contributed by atoms with Crippen molar-refractivity contribution in [2.75, 3.05) is 32.1 Å². The molecule has 2 rings (SSSR count). The van der Waals surface area contributed by atoms with Gasteiger partial charge in [0.2, 0.25) is 5.95 Å². The van der Waals surface area contributed by atoms with Gasteiger partial charge in [0.05, 0.1) is 0 Å². The first-order chi connectivity index (χ1) is 8.58. The van der Waals surface area contributed by atoms with Crippen LogP contribution in [0, 0.1) is 5.41 Å². The van der Waals surface area contributed by atoms with E-state index in [0.717, 1.165) is 13.1 Å². The van der Waals surface area contributed by atoms with Gasteiger partial charge in [-0.05, 0) is 32.5 Å². The SMILES string of the molecule is CN(CC1CCCN1C)c1nccc(C(=N)N)n1. The third kappa shape index (κ3) is 2.76. The van der Waals surface area contributed by atoms with Crippen LogP contribution in [-0.4, -0.2) is 53.9 Å². The van der Waals surface area contributed by atoms with Gasteiger partial charge in [-0.2, -0.15) is 0 Å². The van der Waals surface area contributed by atoms with Crippen LogP contribution in [0.4, 0.5) is 5.95 Å². The lowest BCUT2D eigenvalue weighted by atomic mass is 10.2. The highest BCUT2D eigenvalue weighted by molar-refractivity contribution is 5.93. The fourth-order valence-electron chi connectivity index (χ4n) is 2.29. The van der Waals surface area contributed by atoms with Gasteiger partial charge in [0, 0.05) is 25.8 Å². The van der Waals surface area contributed by atoms with Crippen LogP contribution in [0.3, 0.4) is 0 Å². The molecule has 0 saturated carbocycles. The second kappa shape index (κ2) is 5.30. The van der Waals surface area contributed by atoms with E-state index >= 15 is 0 Å². The van der Waals surface area contributed by atoms with Crippen LogP contribution >= 0.6 is 0 Å². The quantitative estimate of drug-likeness (QED) is 0.591. The Hall–Kier alpha value is -1.69. The van der Waals surface area contributed by atoms with Crippen molar-refractivity contribution in [2.45, 2.75) is 18.9 Å². The van der Waals surface area contributed by atoms with Crippen LogP contribution < -0.4 is 10.6 Å². The number of nitrogens with one attached hydrogen (secondary N) is 1. The zero-order valence-electron chi connectivity index (χ0n) is 10.9. The number of anilines is 1. The monoisotopic (exact) mass is 248 g/mol. The van der Waals surface area contributed by atoms with E-state index in [2.05, 4.69) is 21.9 Å². The molecule has 0 bridgehead atoms. The molecule has 1 aliphatic rings. The van der Waals surface area contributed by atoms with Gasteiger partial charge >= 0.3 is 0 Å².